The molecule has 1 heterocycles. The van der Waals surface area contributed by atoms with Crippen LogP contribution in [0.4, 0.5) is 10.1 Å². The summed E-state index contributed by atoms with van der Waals surface area (Å²) in [5.74, 6) is -2.19. The number of hydrogen-bond acceptors (Lipinski definition) is 3. The number of rotatable bonds is 6. The van der Waals surface area contributed by atoms with Gasteiger partial charge in [0.15, 0.2) is 0 Å². The molecular formula is C16H21FN2O3. The van der Waals surface area contributed by atoms with Gasteiger partial charge in [-0.15, -0.1) is 0 Å². The topological polar surface area (TPSA) is 60.9 Å². The molecule has 0 saturated carbocycles. The number of amides is 1. The third-order valence-electron chi connectivity index (χ3n) is 3.89. The summed E-state index contributed by atoms with van der Waals surface area (Å²) < 4.78 is 14.0. The first-order valence-corrected chi connectivity index (χ1v) is 7.49. The fraction of sp³-hybridized carbons (Fsp3) is 0.500. The molecule has 1 aromatic carbocycles. The Labute approximate surface area is 129 Å². The zero-order valence-electron chi connectivity index (χ0n) is 12.7. The van der Waals surface area contributed by atoms with Gasteiger partial charge in [0.25, 0.3) is 0 Å². The predicted octanol–water partition coefficient (Wildman–Crippen LogP) is 1.98. The average Bonchev–Trinajstić information content (AvgIpc) is 3.01. The SMILES string of the molecule is CC(CN(CC(=O)N1CCCC1)c1ccccc1F)C(=O)O. The van der Waals surface area contributed by atoms with Crippen molar-refractivity contribution in [1.82, 2.24) is 4.90 Å². The van der Waals surface area contributed by atoms with Gasteiger partial charge in [0, 0.05) is 19.6 Å². The van der Waals surface area contributed by atoms with Crippen molar-refractivity contribution in [3.63, 3.8) is 0 Å². The number of hydrogen-bond donors (Lipinski definition) is 1. The monoisotopic (exact) mass is 308 g/mol. The first kappa shape index (κ1) is 16.3. The summed E-state index contributed by atoms with van der Waals surface area (Å²) in [5, 5.41) is 9.08. The van der Waals surface area contributed by atoms with Crippen molar-refractivity contribution in [2.75, 3.05) is 31.1 Å². The van der Waals surface area contributed by atoms with E-state index in [4.69, 9.17) is 5.11 Å². The van der Waals surface area contributed by atoms with E-state index in [0.717, 1.165) is 25.9 Å². The summed E-state index contributed by atoms with van der Waals surface area (Å²) in [6.07, 6.45) is 1.97. The molecule has 1 fully saturated rings. The minimum Gasteiger partial charge on any atom is -0.481 e. The molecule has 0 radical (unpaired) electrons. The summed E-state index contributed by atoms with van der Waals surface area (Å²) in [4.78, 5) is 26.7. The molecule has 2 rings (SSSR count). The summed E-state index contributed by atoms with van der Waals surface area (Å²) in [6.45, 7) is 3.09. The van der Waals surface area contributed by atoms with E-state index in [1.165, 1.54) is 11.0 Å². The van der Waals surface area contributed by atoms with Crippen LogP contribution in [0, 0.1) is 11.7 Å². The molecule has 1 amide bonds. The smallest absolute Gasteiger partial charge is 0.308 e. The van der Waals surface area contributed by atoms with Gasteiger partial charge < -0.3 is 14.9 Å². The molecule has 5 nitrogen and oxygen atoms in total. The minimum atomic E-state index is -0.963. The number of carbonyl (C=O) groups is 2. The van der Waals surface area contributed by atoms with Gasteiger partial charge in [0.05, 0.1) is 18.2 Å². The number of nitrogens with zero attached hydrogens (tertiary/aromatic N) is 2. The summed E-state index contributed by atoms with van der Waals surface area (Å²) in [5.41, 5.74) is 0.267. The van der Waals surface area contributed by atoms with Gasteiger partial charge >= 0.3 is 5.97 Å². The van der Waals surface area contributed by atoms with Gasteiger partial charge in [-0.3, -0.25) is 9.59 Å². The van der Waals surface area contributed by atoms with E-state index in [0.29, 0.717) is 0 Å². The maximum Gasteiger partial charge on any atom is 0.308 e. The summed E-state index contributed by atoms with van der Waals surface area (Å²) in [6, 6.07) is 6.13. The van der Waals surface area contributed by atoms with E-state index in [-0.39, 0.29) is 24.7 Å². The molecule has 0 aromatic heterocycles. The second-order valence-corrected chi connectivity index (χ2v) is 5.66. The summed E-state index contributed by atoms with van der Waals surface area (Å²) >= 11 is 0. The van der Waals surface area contributed by atoms with E-state index in [9.17, 15) is 14.0 Å². The number of benzene rings is 1. The summed E-state index contributed by atoms with van der Waals surface area (Å²) in [7, 11) is 0. The van der Waals surface area contributed by atoms with Crippen LogP contribution >= 0.6 is 0 Å². The van der Waals surface area contributed by atoms with Crippen molar-refractivity contribution >= 4 is 17.6 Å². The zero-order valence-corrected chi connectivity index (χ0v) is 12.7. The predicted molar refractivity (Wildman–Crippen MR) is 81.2 cm³/mol. The van der Waals surface area contributed by atoms with Crippen molar-refractivity contribution in [2.45, 2.75) is 19.8 Å². The van der Waals surface area contributed by atoms with Crippen molar-refractivity contribution < 1.29 is 19.1 Å². The van der Waals surface area contributed by atoms with Crippen LogP contribution in [-0.2, 0) is 9.59 Å². The van der Waals surface area contributed by atoms with Crippen molar-refractivity contribution in [3.8, 4) is 0 Å². The molecule has 6 heteroatoms. The maximum absolute atomic E-state index is 14.0. The largest absolute Gasteiger partial charge is 0.481 e. The van der Waals surface area contributed by atoms with E-state index < -0.39 is 17.7 Å². The molecule has 1 atom stereocenters. The lowest BCUT2D eigenvalue weighted by atomic mass is 10.1. The van der Waals surface area contributed by atoms with Crippen LogP contribution in [0.5, 0.6) is 0 Å². The minimum absolute atomic E-state index is 0.00144. The molecule has 0 aliphatic carbocycles. The van der Waals surface area contributed by atoms with Crippen LogP contribution in [0.3, 0.4) is 0 Å². The van der Waals surface area contributed by atoms with Gasteiger partial charge in [-0.05, 0) is 25.0 Å². The Morgan fingerprint density at radius 2 is 1.95 bits per heavy atom. The number of halogens is 1. The van der Waals surface area contributed by atoms with Gasteiger partial charge in [-0.1, -0.05) is 19.1 Å². The van der Waals surface area contributed by atoms with E-state index in [1.807, 2.05) is 0 Å². The first-order chi connectivity index (χ1) is 10.5. The molecule has 1 aromatic rings. The molecule has 1 aliphatic heterocycles. The molecule has 1 unspecified atom stereocenters. The van der Waals surface area contributed by atoms with Gasteiger partial charge in [-0.25, -0.2) is 4.39 Å². The third kappa shape index (κ3) is 3.96. The molecule has 1 N–H and O–H groups in total. The number of aliphatic carboxylic acids is 1. The molecule has 22 heavy (non-hydrogen) atoms. The quantitative estimate of drug-likeness (QED) is 0.873. The number of anilines is 1. The van der Waals surface area contributed by atoms with Crippen LogP contribution in [0.2, 0.25) is 0 Å². The normalized spacial score (nSPS) is 15.6. The van der Waals surface area contributed by atoms with Crippen LogP contribution in [-0.4, -0.2) is 48.1 Å². The second-order valence-electron chi connectivity index (χ2n) is 5.66. The highest BCUT2D eigenvalue weighted by Crippen LogP contribution is 2.20. The Bertz CT molecular complexity index is 544. The van der Waals surface area contributed by atoms with E-state index in [2.05, 4.69) is 0 Å². The Morgan fingerprint density at radius 1 is 1.32 bits per heavy atom. The third-order valence-corrected chi connectivity index (χ3v) is 3.89. The molecule has 0 bridgehead atoms. The standard InChI is InChI=1S/C16H21FN2O3/c1-12(16(21)22)10-19(14-7-3-2-6-13(14)17)11-15(20)18-8-4-5-9-18/h2-3,6-7,12H,4-5,8-11H2,1H3,(H,21,22). The number of carboxylic acid groups (broad SMARTS) is 1. The van der Waals surface area contributed by atoms with Crippen molar-refractivity contribution in [2.24, 2.45) is 5.92 Å². The van der Waals surface area contributed by atoms with Crippen LogP contribution < -0.4 is 4.90 Å². The Kier molecular flexibility index (Phi) is 5.35. The second kappa shape index (κ2) is 7.24. The van der Waals surface area contributed by atoms with E-state index in [1.54, 1.807) is 30.0 Å². The molecule has 1 saturated heterocycles. The fourth-order valence-electron chi connectivity index (χ4n) is 2.59. The average molecular weight is 308 g/mol. The Morgan fingerprint density at radius 3 is 2.55 bits per heavy atom. The zero-order chi connectivity index (χ0) is 16.1. The lowest BCUT2D eigenvalue weighted by Gasteiger charge is -2.28. The van der Waals surface area contributed by atoms with Crippen LogP contribution in [0.15, 0.2) is 24.3 Å². The highest BCUT2D eigenvalue weighted by molar-refractivity contribution is 5.82. The van der Waals surface area contributed by atoms with Gasteiger partial charge in [0.1, 0.15) is 5.82 Å². The first-order valence-electron chi connectivity index (χ1n) is 7.49. The highest BCUT2D eigenvalue weighted by Gasteiger charge is 2.24. The van der Waals surface area contributed by atoms with Gasteiger partial charge in [-0.2, -0.15) is 0 Å². The molecule has 1 aliphatic rings. The van der Waals surface area contributed by atoms with Gasteiger partial charge in [0.2, 0.25) is 5.91 Å². The number of carbonyl (C=O) groups excluding carboxylic acids is 1. The van der Waals surface area contributed by atoms with Crippen molar-refractivity contribution in [1.29, 1.82) is 0 Å². The van der Waals surface area contributed by atoms with Crippen molar-refractivity contribution in [3.05, 3.63) is 30.1 Å². The molecule has 0 spiro atoms. The van der Waals surface area contributed by atoms with Crippen LogP contribution in [0.25, 0.3) is 0 Å². The molecular weight excluding hydrogens is 287 g/mol. The van der Waals surface area contributed by atoms with E-state index >= 15 is 0 Å². The Hall–Kier alpha value is -2.11. The maximum atomic E-state index is 14.0. The lowest BCUT2D eigenvalue weighted by molar-refractivity contribution is -0.141. The van der Waals surface area contributed by atoms with Crippen LogP contribution in [0.1, 0.15) is 19.8 Å². The number of carboxylic acids is 1. The lowest BCUT2D eigenvalue weighted by Crippen LogP contribution is -2.42. The highest BCUT2D eigenvalue weighted by atomic mass is 19.1. The molecule has 120 valence electrons. The number of para-hydroxylation sites is 1. The Balaban J connectivity index is 2.15. The fourth-order valence-corrected chi connectivity index (χ4v) is 2.59. The number of likely N-dealkylation sites (tertiary alicyclic amines) is 1.